The van der Waals surface area contributed by atoms with E-state index in [1.165, 1.54) is 22.1 Å². The van der Waals surface area contributed by atoms with E-state index in [-0.39, 0.29) is 0 Å². The van der Waals surface area contributed by atoms with Crippen molar-refractivity contribution in [2.75, 3.05) is 26.3 Å². The molecular weight excluding hydrogens is 310 g/mol. The monoisotopic (exact) mass is 333 g/mol. The van der Waals surface area contributed by atoms with Crippen LogP contribution >= 0.6 is 0 Å². The highest BCUT2D eigenvalue weighted by atomic mass is 16.5. The molecule has 0 amide bonds. The Morgan fingerprint density at radius 3 is 2.68 bits per heavy atom. The molecule has 1 aliphatic heterocycles. The van der Waals surface area contributed by atoms with Crippen molar-refractivity contribution < 1.29 is 4.74 Å². The molecule has 1 saturated heterocycles. The van der Waals surface area contributed by atoms with Gasteiger partial charge in [-0.05, 0) is 35.8 Å². The molecule has 0 bridgehead atoms. The first-order valence-electron chi connectivity index (χ1n) is 8.80. The molecule has 1 fully saturated rings. The first-order valence-corrected chi connectivity index (χ1v) is 8.80. The maximum absolute atomic E-state index is 5.41. The topological polar surface area (TPSA) is 41.1 Å². The number of para-hydroxylation sites is 1. The second kappa shape index (κ2) is 7.21. The average molecular weight is 333 g/mol. The van der Waals surface area contributed by atoms with Crippen LogP contribution in [0.5, 0.6) is 0 Å². The summed E-state index contributed by atoms with van der Waals surface area (Å²) in [6, 6.07) is 17.1. The van der Waals surface area contributed by atoms with Crippen LogP contribution in [0.4, 0.5) is 0 Å². The number of ether oxygens (including phenoxy) is 1. The molecule has 1 aliphatic rings. The van der Waals surface area contributed by atoms with Gasteiger partial charge in [-0.25, -0.2) is 0 Å². The number of fused-ring (bicyclic) bond motifs is 1. The molecule has 3 aromatic rings. The Labute approximate surface area is 148 Å². The number of rotatable bonds is 4. The van der Waals surface area contributed by atoms with Crippen LogP contribution in [-0.4, -0.2) is 41.4 Å². The summed E-state index contributed by atoms with van der Waals surface area (Å²) in [5, 5.41) is 8.74. The highest BCUT2D eigenvalue weighted by Gasteiger charge is 2.10. The molecule has 0 unspecified atom stereocenters. The number of aromatic amines is 1. The van der Waals surface area contributed by atoms with Gasteiger partial charge in [-0.15, -0.1) is 0 Å². The lowest BCUT2D eigenvalue weighted by atomic mass is 10.0. The van der Waals surface area contributed by atoms with Gasteiger partial charge in [0.25, 0.3) is 0 Å². The number of hydrogen-bond acceptors (Lipinski definition) is 3. The summed E-state index contributed by atoms with van der Waals surface area (Å²) in [6.45, 7) is 6.84. The second-order valence-electron chi connectivity index (χ2n) is 6.58. The Hall–Kier alpha value is -2.43. The molecule has 1 aromatic heterocycles. The predicted molar refractivity (Wildman–Crippen MR) is 102 cm³/mol. The SMILES string of the molecule is C/C(=C\c1ccc(CN2CCOCC2)cc1)c1n[nH]c2ccccc12. The van der Waals surface area contributed by atoms with Crippen molar-refractivity contribution in [1.82, 2.24) is 15.1 Å². The predicted octanol–water partition coefficient (Wildman–Crippen LogP) is 3.96. The lowest BCUT2D eigenvalue weighted by molar-refractivity contribution is 0.0342. The fourth-order valence-corrected chi connectivity index (χ4v) is 3.32. The molecule has 25 heavy (non-hydrogen) atoms. The first kappa shape index (κ1) is 16.1. The Bertz CT molecular complexity index is 874. The minimum Gasteiger partial charge on any atom is -0.379 e. The van der Waals surface area contributed by atoms with Crippen molar-refractivity contribution >= 4 is 22.6 Å². The molecule has 4 rings (SSSR count). The zero-order valence-corrected chi connectivity index (χ0v) is 14.5. The number of allylic oxidation sites excluding steroid dienone is 1. The van der Waals surface area contributed by atoms with Gasteiger partial charge < -0.3 is 4.74 Å². The van der Waals surface area contributed by atoms with Crippen LogP contribution < -0.4 is 0 Å². The van der Waals surface area contributed by atoms with Gasteiger partial charge >= 0.3 is 0 Å². The largest absolute Gasteiger partial charge is 0.379 e. The zero-order valence-electron chi connectivity index (χ0n) is 14.5. The molecule has 0 atom stereocenters. The Morgan fingerprint density at radius 2 is 1.88 bits per heavy atom. The fourth-order valence-electron chi connectivity index (χ4n) is 3.32. The molecule has 2 aromatic carbocycles. The number of nitrogens with one attached hydrogen (secondary N) is 1. The maximum Gasteiger partial charge on any atom is 0.0956 e. The van der Waals surface area contributed by atoms with Crippen molar-refractivity contribution in [2.45, 2.75) is 13.5 Å². The van der Waals surface area contributed by atoms with Crippen LogP contribution in [0, 0.1) is 0 Å². The second-order valence-corrected chi connectivity index (χ2v) is 6.58. The number of hydrogen-bond donors (Lipinski definition) is 1. The molecule has 0 saturated carbocycles. The molecule has 1 N–H and O–H groups in total. The van der Waals surface area contributed by atoms with E-state index in [4.69, 9.17) is 4.74 Å². The summed E-state index contributed by atoms with van der Waals surface area (Å²) >= 11 is 0. The number of nitrogens with zero attached hydrogens (tertiary/aromatic N) is 2. The third kappa shape index (κ3) is 3.65. The van der Waals surface area contributed by atoms with Crippen LogP contribution in [-0.2, 0) is 11.3 Å². The van der Waals surface area contributed by atoms with E-state index in [1.54, 1.807) is 0 Å². The first-order chi connectivity index (χ1) is 12.3. The summed E-state index contributed by atoms with van der Waals surface area (Å²) in [4.78, 5) is 2.44. The van der Waals surface area contributed by atoms with E-state index in [0.29, 0.717) is 0 Å². The van der Waals surface area contributed by atoms with E-state index in [9.17, 15) is 0 Å². The quantitative estimate of drug-likeness (QED) is 0.786. The van der Waals surface area contributed by atoms with Gasteiger partial charge in [0.05, 0.1) is 24.4 Å². The van der Waals surface area contributed by atoms with Gasteiger partial charge in [0, 0.05) is 25.0 Å². The number of morpholine rings is 1. The van der Waals surface area contributed by atoms with E-state index in [1.807, 2.05) is 6.07 Å². The van der Waals surface area contributed by atoms with Crippen molar-refractivity contribution in [1.29, 1.82) is 0 Å². The number of benzene rings is 2. The molecule has 4 heteroatoms. The van der Waals surface area contributed by atoms with Gasteiger partial charge in [0.1, 0.15) is 0 Å². The molecule has 4 nitrogen and oxygen atoms in total. The molecule has 2 heterocycles. The summed E-state index contributed by atoms with van der Waals surface area (Å²) < 4.78 is 5.41. The fraction of sp³-hybridized carbons (Fsp3) is 0.286. The highest BCUT2D eigenvalue weighted by Crippen LogP contribution is 2.24. The average Bonchev–Trinajstić information content (AvgIpc) is 3.08. The maximum atomic E-state index is 5.41. The number of H-pyrrole nitrogens is 1. The Balaban J connectivity index is 1.50. The van der Waals surface area contributed by atoms with Crippen LogP contribution in [0.3, 0.4) is 0 Å². The van der Waals surface area contributed by atoms with Gasteiger partial charge in [0.15, 0.2) is 0 Å². The van der Waals surface area contributed by atoms with Gasteiger partial charge in [-0.3, -0.25) is 10.00 Å². The Morgan fingerprint density at radius 1 is 1.12 bits per heavy atom. The smallest absolute Gasteiger partial charge is 0.0956 e. The number of aromatic nitrogens is 2. The Kier molecular flexibility index (Phi) is 4.63. The van der Waals surface area contributed by atoms with Crippen LogP contribution in [0.25, 0.3) is 22.6 Å². The summed E-state index contributed by atoms with van der Waals surface area (Å²) in [6.07, 6.45) is 2.20. The van der Waals surface area contributed by atoms with E-state index >= 15 is 0 Å². The van der Waals surface area contributed by atoms with Gasteiger partial charge in [0.2, 0.25) is 0 Å². The van der Waals surface area contributed by atoms with Crippen LogP contribution in [0.2, 0.25) is 0 Å². The molecule has 128 valence electrons. The van der Waals surface area contributed by atoms with Gasteiger partial charge in [-0.1, -0.05) is 42.5 Å². The van der Waals surface area contributed by atoms with E-state index in [2.05, 4.69) is 70.6 Å². The normalized spacial score (nSPS) is 16.4. The molecule has 0 spiro atoms. The van der Waals surface area contributed by atoms with E-state index < -0.39 is 0 Å². The minimum absolute atomic E-state index is 0.845. The molecule has 0 radical (unpaired) electrons. The standard InChI is InChI=1S/C21H23N3O/c1-16(21-19-4-2-3-5-20(19)22-23-21)14-17-6-8-18(9-7-17)15-24-10-12-25-13-11-24/h2-9,14H,10-13,15H2,1H3,(H,22,23)/b16-14+. The van der Waals surface area contributed by atoms with Crippen LogP contribution in [0.15, 0.2) is 48.5 Å². The highest BCUT2D eigenvalue weighted by molar-refractivity contribution is 5.94. The van der Waals surface area contributed by atoms with Crippen molar-refractivity contribution in [3.8, 4) is 0 Å². The molecular formula is C21H23N3O. The van der Waals surface area contributed by atoms with Crippen molar-refractivity contribution in [3.05, 3.63) is 65.4 Å². The zero-order chi connectivity index (χ0) is 17.1. The van der Waals surface area contributed by atoms with Crippen molar-refractivity contribution in [2.24, 2.45) is 0 Å². The lowest BCUT2D eigenvalue weighted by Gasteiger charge is -2.26. The summed E-state index contributed by atoms with van der Waals surface area (Å²) in [5.74, 6) is 0. The third-order valence-corrected chi connectivity index (χ3v) is 4.72. The van der Waals surface area contributed by atoms with Crippen LogP contribution in [0.1, 0.15) is 23.7 Å². The third-order valence-electron chi connectivity index (χ3n) is 4.72. The molecule has 0 aliphatic carbocycles. The van der Waals surface area contributed by atoms with E-state index in [0.717, 1.165) is 44.1 Å². The summed E-state index contributed by atoms with van der Waals surface area (Å²) in [5.41, 5.74) is 5.81. The van der Waals surface area contributed by atoms with Crippen molar-refractivity contribution in [3.63, 3.8) is 0 Å². The minimum atomic E-state index is 0.845. The van der Waals surface area contributed by atoms with Gasteiger partial charge in [-0.2, -0.15) is 5.10 Å². The summed E-state index contributed by atoms with van der Waals surface area (Å²) in [7, 11) is 0. The lowest BCUT2D eigenvalue weighted by Crippen LogP contribution is -2.35.